The van der Waals surface area contributed by atoms with E-state index in [0.717, 1.165) is 5.56 Å². The molecule has 0 saturated heterocycles. The zero-order chi connectivity index (χ0) is 12.6. The summed E-state index contributed by atoms with van der Waals surface area (Å²) in [5.74, 6) is 0. The van der Waals surface area contributed by atoms with Crippen LogP contribution in [-0.4, -0.2) is 14.0 Å². The average Bonchev–Trinajstić information content (AvgIpc) is 1.97. The van der Waals surface area contributed by atoms with Gasteiger partial charge in [0.25, 0.3) is 0 Å². The summed E-state index contributed by atoms with van der Waals surface area (Å²) in [6, 6.07) is 5.17. The Morgan fingerprint density at radius 2 is 1.81 bits per heavy atom. The van der Waals surface area contributed by atoms with Gasteiger partial charge in [0.1, 0.15) is 0 Å². The number of hydrogen-bond donors (Lipinski definition) is 1. The molecule has 0 radical (unpaired) electrons. The molecule has 0 aliphatic rings. The van der Waals surface area contributed by atoms with E-state index in [2.05, 4.69) is 20.7 Å². The monoisotopic (exact) mass is 305 g/mol. The maximum Gasteiger partial charge on any atom is 0.242 e. The molecule has 16 heavy (non-hydrogen) atoms. The number of sulfonamides is 1. The Labute approximate surface area is 105 Å². The molecule has 0 unspecified atom stereocenters. The van der Waals surface area contributed by atoms with Crippen molar-refractivity contribution in [2.45, 2.75) is 38.1 Å². The molecule has 1 aromatic carbocycles. The van der Waals surface area contributed by atoms with Gasteiger partial charge in [0.2, 0.25) is 10.0 Å². The largest absolute Gasteiger partial charge is 0.242 e. The SMILES string of the molecule is Cc1ccc(S(=O)(=O)NC(C)(C)C)c(Br)c1. The summed E-state index contributed by atoms with van der Waals surface area (Å²) in [5, 5.41) is 0. The predicted octanol–water partition coefficient (Wildman–Crippen LogP) is 2.83. The van der Waals surface area contributed by atoms with Gasteiger partial charge >= 0.3 is 0 Å². The fraction of sp³-hybridized carbons (Fsp3) is 0.455. The quantitative estimate of drug-likeness (QED) is 0.913. The van der Waals surface area contributed by atoms with Gasteiger partial charge in [-0.05, 0) is 61.3 Å². The van der Waals surface area contributed by atoms with E-state index in [1.54, 1.807) is 18.2 Å². The van der Waals surface area contributed by atoms with Gasteiger partial charge in [-0.15, -0.1) is 0 Å². The molecule has 0 aliphatic carbocycles. The Morgan fingerprint density at radius 1 is 1.25 bits per heavy atom. The van der Waals surface area contributed by atoms with Crippen molar-refractivity contribution >= 4 is 26.0 Å². The molecule has 1 rings (SSSR count). The first-order valence-corrected chi connectivity index (χ1v) is 7.19. The summed E-state index contributed by atoms with van der Waals surface area (Å²) in [5.41, 5.74) is 0.532. The fourth-order valence-electron chi connectivity index (χ4n) is 1.28. The van der Waals surface area contributed by atoms with E-state index in [0.29, 0.717) is 4.47 Å². The second kappa shape index (κ2) is 4.47. The van der Waals surface area contributed by atoms with Crippen LogP contribution in [0.3, 0.4) is 0 Å². The zero-order valence-electron chi connectivity index (χ0n) is 9.83. The van der Waals surface area contributed by atoms with Crippen LogP contribution in [0.25, 0.3) is 0 Å². The third kappa shape index (κ3) is 3.57. The summed E-state index contributed by atoms with van der Waals surface area (Å²) < 4.78 is 27.3. The lowest BCUT2D eigenvalue weighted by atomic mass is 10.1. The molecule has 3 nitrogen and oxygen atoms in total. The van der Waals surface area contributed by atoms with E-state index < -0.39 is 15.6 Å². The van der Waals surface area contributed by atoms with Gasteiger partial charge in [0.05, 0.1) is 4.90 Å². The molecule has 0 aromatic heterocycles. The summed E-state index contributed by atoms with van der Waals surface area (Å²) >= 11 is 3.27. The van der Waals surface area contributed by atoms with Gasteiger partial charge in [-0.1, -0.05) is 6.07 Å². The number of nitrogens with one attached hydrogen (secondary N) is 1. The Morgan fingerprint density at radius 3 is 2.25 bits per heavy atom. The second-order valence-electron chi connectivity index (χ2n) is 4.79. The van der Waals surface area contributed by atoms with E-state index >= 15 is 0 Å². The summed E-state index contributed by atoms with van der Waals surface area (Å²) in [7, 11) is -3.46. The van der Waals surface area contributed by atoms with Crippen molar-refractivity contribution in [3.8, 4) is 0 Å². The molecule has 0 heterocycles. The molecule has 0 aliphatic heterocycles. The number of benzene rings is 1. The van der Waals surface area contributed by atoms with E-state index in [1.807, 2.05) is 27.7 Å². The minimum atomic E-state index is -3.46. The van der Waals surface area contributed by atoms with Crippen molar-refractivity contribution < 1.29 is 8.42 Å². The summed E-state index contributed by atoms with van der Waals surface area (Å²) in [6.07, 6.45) is 0. The highest BCUT2D eigenvalue weighted by Crippen LogP contribution is 2.23. The van der Waals surface area contributed by atoms with Crippen LogP contribution in [0.2, 0.25) is 0 Å². The van der Waals surface area contributed by atoms with E-state index in [4.69, 9.17) is 0 Å². The Hall–Kier alpha value is -0.390. The molecule has 0 fully saturated rings. The minimum Gasteiger partial charge on any atom is -0.207 e. The number of aryl methyl sites for hydroxylation is 1. The predicted molar refractivity (Wildman–Crippen MR) is 69.0 cm³/mol. The standard InChI is InChI=1S/C11H16BrNO2S/c1-8-5-6-10(9(12)7-8)16(14,15)13-11(2,3)4/h5-7,13H,1-4H3. The van der Waals surface area contributed by atoms with Crippen LogP contribution in [0, 0.1) is 6.92 Å². The van der Waals surface area contributed by atoms with E-state index in [-0.39, 0.29) is 4.90 Å². The van der Waals surface area contributed by atoms with Crippen LogP contribution < -0.4 is 4.72 Å². The summed E-state index contributed by atoms with van der Waals surface area (Å²) in [4.78, 5) is 0.271. The Bertz CT molecular complexity index is 489. The molecular formula is C11H16BrNO2S. The summed E-state index contributed by atoms with van der Waals surface area (Å²) in [6.45, 7) is 7.35. The van der Waals surface area contributed by atoms with Gasteiger partial charge in [-0.2, -0.15) is 0 Å². The molecule has 1 N–H and O–H groups in total. The highest BCUT2D eigenvalue weighted by Gasteiger charge is 2.23. The number of rotatable bonds is 2. The molecule has 0 atom stereocenters. The highest BCUT2D eigenvalue weighted by molar-refractivity contribution is 9.10. The average molecular weight is 306 g/mol. The van der Waals surface area contributed by atoms with E-state index in [9.17, 15) is 8.42 Å². The minimum absolute atomic E-state index is 0.271. The van der Waals surface area contributed by atoms with Crippen LogP contribution in [0.15, 0.2) is 27.6 Å². The van der Waals surface area contributed by atoms with Crippen molar-refractivity contribution in [3.05, 3.63) is 28.2 Å². The maximum absolute atomic E-state index is 12.0. The van der Waals surface area contributed by atoms with Crippen LogP contribution in [0.1, 0.15) is 26.3 Å². The molecule has 0 spiro atoms. The lowest BCUT2D eigenvalue weighted by molar-refractivity contribution is 0.491. The lowest BCUT2D eigenvalue weighted by Gasteiger charge is -2.20. The van der Waals surface area contributed by atoms with Gasteiger partial charge in [-0.3, -0.25) is 0 Å². The van der Waals surface area contributed by atoms with Crippen LogP contribution in [0.4, 0.5) is 0 Å². The molecule has 1 aromatic rings. The zero-order valence-corrected chi connectivity index (χ0v) is 12.2. The molecule has 0 bridgehead atoms. The van der Waals surface area contributed by atoms with Crippen molar-refractivity contribution in [3.63, 3.8) is 0 Å². The molecule has 90 valence electrons. The molecule has 5 heteroatoms. The van der Waals surface area contributed by atoms with Gasteiger partial charge in [-0.25, -0.2) is 13.1 Å². The van der Waals surface area contributed by atoms with Crippen LogP contribution >= 0.6 is 15.9 Å². The Kier molecular flexibility index (Phi) is 3.82. The van der Waals surface area contributed by atoms with Crippen molar-refractivity contribution in [2.75, 3.05) is 0 Å². The topological polar surface area (TPSA) is 46.2 Å². The third-order valence-electron chi connectivity index (χ3n) is 1.82. The Balaban J connectivity index is 3.18. The highest BCUT2D eigenvalue weighted by atomic mass is 79.9. The normalized spacial score (nSPS) is 12.8. The first-order valence-electron chi connectivity index (χ1n) is 4.92. The van der Waals surface area contributed by atoms with Crippen molar-refractivity contribution in [1.82, 2.24) is 4.72 Å². The van der Waals surface area contributed by atoms with Gasteiger partial charge in [0, 0.05) is 10.0 Å². The van der Waals surface area contributed by atoms with Gasteiger partial charge < -0.3 is 0 Å². The number of halogens is 1. The smallest absolute Gasteiger partial charge is 0.207 e. The lowest BCUT2D eigenvalue weighted by Crippen LogP contribution is -2.40. The molecule has 0 saturated carbocycles. The van der Waals surface area contributed by atoms with E-state index in [1.165, 1.54) is 0 Å². The first-order chi connectivity index (χ1) is 7.12. The molecular weight excluding hydrogens is 290 g/mol. The third-order valence-corrected chi connectivity index (χ3v) is 4.55. The van der Waals surface area contributed by atoms with Crippen molar-refractivity contribution in [1.29, 1.82) is 0 Å². The second-order valence-corrected chi connectivity index (χ2v) is 7.29. The maximum atomic E-state index is 12.0. The number of hydrogen-bond acceptors (Lipinski definition) is 2. The van der Waals surface area contributed by atoms with Crippen molar-refractivity contribution in [2.24, 2.45) is 0 Å². The van der Waals surface area contributed by atoms with Crippen LogP contribution in [0.5, 0.6) is 0 Å². The van der Waals surface area contributed by atoms with Gasteiger partial charge in [0.15, 0.2) is 0 Å². The first kappa shape index (κ1) is 13.7. The fourth-order valence-corrected chi connectivity index (χ4v) is 3.89. The molecule has 0 amide bonds. The van der Waals surface area contributed by atoms with Crippen LogP contribution in [-0.2, 0) is 10.0 Å².